The van der Waals surface area contributed by atoms with Crippen LogP contribution >= 0.6 is 0 Å². The van der Waals surface area contributed by atoms with Crippen molar-refractivity contribution in [2.24, 2.45) is 0 Å². The Morgan fingerprint density at radius 3 is 2.25 bits per heavy atom. The maximum absolute atomic E-state index is 12.5. The molecule has 1 aliphatic carbocycles. The van der Waals surface area contributed by atoms with E-state index in [9.17, 15) is 9.59 Å². The molecule has 0 aromatic rings. The van der Waals surface area contributed by atoms with E-state index in [1.165, 1.54) is 0 Å². The van der Waals surface area contributed by atoms with E-state index in [4.69, 9.17) is 14.0 Å². The Hall–Kier alpha value is -1.14. The number of ether oxygens (including phenoxy) is 1. The molecule has 1 fully saturated rings. The van der Waals surface area contributed by atoms with E-state index in [-0.39, 0.29) is 18.4 Å². The van der Waals surface area contributed by atoms with E-state index in [0.29, 0.717) is 24.8 Å². The molecule has 0 atom stereocenters. The van der Waals surface area contributed by atoms with Gasteiger partial charge in [0, 0.05) is 12.0 Å². The second-order valence-corrected chi connectivity index (χ2v) is 7.74. The second kappa shape index (κ2) is 7.40. The van der Waals surface area contributed by atoms with Crippen LogP contribution in [0.1, 0.15) is 73.1 Å². The number of hydrogen-bond acceptors (Lipinski definition) is 5. The zero-order valence-corrected chi connectivity index (χ0v) is 15.6. The Bertz CT molecular complexity index is 520. The fourth-order valence-corrected chi connectivity index (χ4v) is 2.98. The first-order valence-corrected chi connectivity index (χ1v) is 8.88. The third-order valence-electron chi connectivity index (χ3n) is 5.20. The summed E-state index contributed by atoms with van der Waals surface area (Å²) >= 11 is 0. The molecule has 134 valence electrons. The van der Waals surface area contributed by atoms with Gasteiger partial charge in [-0.1, -0.05) is 0 Å². The molecule has 2 rings (SSSR count). The van der Waals surface area contributed by atoms with Gasteiger partial charge in [-0.05, 0) is 72.2 Å². The lowest BCUT2D eigenvalue weighted by atomic mass is 9.69. The van der Waals surface area contributed by atoms with Crippen LogP contribution in [0.3, 0.4) is 0 Å². The van der Waals surface area contributed by atoms with Gasteiger partial charge in [0.1, 0.15) is 5.78 Å². The number of carbonyl (C=O) groups is 2. The van der Waals surface area contributed by atoms with E-state index >= 15 is 0 Å². The van der Waals surface area contributed by atoms with E-state index in [1.54, 1.807) is 6.92 Å². The van der Waals surface area contributed by atoms with E-state index in [1.807, 2.05) is 27.7 Å². The molecule has 0 radical (unpaired) electrons. The van der Waals surface area contributed by atoms with Gasteiger partial charge in [-0.2, -0.15) is 0 Å². The summed E-state index contributed by atoms with van der Waals surface area (Å²) in [5, 5.41) is 0. The van der Waals surface area contributed by atoms with E-state index in [0.717, 1.165) is 24.7 Å². The van der Waals surface area contributed by atoms with Crippen molar-refractivity contribution < 1.29 is 23.6 Å². The number of carbonyl (C=O) groups excluding carboxylic acids is 2. The fourth-order valence-electron chi connectivity index (χ4n) is 2.98. The van der Waals surface area contributed by atoms with Crippen molar-refractivity contribution in [3.05, 3.63) is 11.0 Å². The molecule has 24 heavy (non-hydrogen) atoms. The van der Waals surface area contributed by atoms with Gasteiger partial charge in [0.2, 0.25) is 0 Å². The van der Waals surface area contributed by atoms with Crippen LogP contribution in [0.5, 0.6) is 0 Å². The highest BCUT2D eigenvalue weighted by Crippen LogP contribution is 2.41. The van der Waals surface area contributed by atoms with Gasteiger partial charge in [0.05, 0.1) is 17.8 Å². The van der Waals surface area contributed by atoms with Gasteiger partial charge >= 0.3 is 13.1 Å². The van der Waals surface area contributed by atoms with Gasteiger partial charge < -0.3 is 18.8 Å². The third kappa shape index (κ3) is 4.28. The molecule has 6 heteroatoms. The highest BCUT2D eigenvalue weighted by Gasteiger charge is 2.53. The Morgan fingerprint density at radius 1 is 1.08 bits per heavy atom. The van der Waals surface area contributed by atoms with Gasteiger partial charge in [0.15, 0.2) is 0 Å². The van der Waals surface area contributed by atoms with Crippen molar-refractivity contribution >= 4 is 18.9 Å². The predicted octanol–water partition coefficient (Wildman–Crippen LogP) is 3.40. The number of ketones is 1. The lowest BCUT2D eigenvalue weighted by molar-refractivity contribution is -0.139. The van der Waals surface area contributed by atoms with Crippen LogP contribution in [0.4, 0.5) is 0 Å². The molecule has 0 unspecified atom stereocenters. The summed E-state index contributed by atoms with van der Waals surface area (Å²) in [4.78, 5) is 23.4. The van der Waals surface area contributed by atoms with Gasteiger partial charge in [0.25, 0.3) is 0 Å². The Morgan fingerprint density at radius 2 is 1.67 bits per heavy atom. The van der Waals surface area contributed by atoms with Crippen molar-refractivity contribution in [1.29, 1.82) is 0 Å². The number of rotatable bonds is 6. The maximum atomic E-state index is 12.5. The summed E-state index contributed by atoms with van der Waals surface area (Å²) in [5.74, 6) is -0.177. The number of hydrogen-bond donors (Lipinski definition) is 0. The van der Waals surface area contributed by atoms with Crippen molar-refractivity contribution in [3.63, 3.8) is 0 Å². The molecule has 1 aliphatic heterocycles. The van der Waals surface area contributed by atoms with Crippen molar-refractivity contribution in [3.8, 4) is 0 Å². The standard InChI is InChI=1S/C18H29BO5/c1-13(20)9-8-12-22-16(21)14-10-6-7-11-15(14)19-23-17(2,3)18(4,5)24-19/h6-12H2,1-5H3. The number of esters is 1. The minimum absolute atomic E-state index is 0.112. The van der Waals surface area contributed by atoms with Crippen molar-refractivity contribution in [2.75, 3.05) is 6.61 Å². The highest BCUT2D eigenvalue weighted by atomic mass is 16.7. The molecule has 2 aliphatic rings. The molecule has 0 N–H and O–H groups in total. The average Bonchev–Trinajstić information content (AvgIpc) is 2.71. The minimum atomic E-state index is -0.477. The monoisotopic (exact) mass is 336 g/mol. The fraction of sp³-hybridized carbons (Fsp3) is 0.778. The zero-order chi connectivity index (χ0) is 18.0. The molecule has 1 heterocycles. The van der Waals surface area contributed by atoms with E-state index in [2.05, 4.69) is 0 Å². The predicted molar refractivity (Wildman–Crippen MR) is 92.5 cm³/mol. The van der Waals surface area contributed by atoms with Crippen LogP contribution in [0.15, 0.2) is 11.0 Å². The molecule has 1 saturated heterocycles. The van der Waals surface area contributed by atoms with Crippen molar-refractivity contribution in [1.82, 2.24) is 0 Å². The van der Waals surface area contributed by atoms with Crippen molar-refractivity contribution in [2.45, 2.75) is 84.3 Å². The summed E-state index contributed by atoms with van der Waals surface area (Å²) in [5.41, 5.74) is 0.788. The van der Waals surface area contributed by atoms with Crippen LogP contribution in [-0.2, 0) is 23.6 Å². The highest BCUT2D eigenvalue weighted by molar-refractivity contribution is 6.55. The first kappa shape index (κ1) is 19.2. The van der Waals surface area contributed by atoms with E-state index < -0.39 is 18.3 Å². The number of allylic oxidation sites excluding steroid dienone is 1. The first-order chi connectivity index (χ1) is 11.1. The van der Waals surface area contributed by atoms with Crippen LogP contribution < -0.4 is 0 Å². The molecule has 5 nitrogen and oxygen atoms in total. The Kier molecular flexibility index (Phi) is 5.92. The third-order valence-corrected chi connectivity index (χ3v) is 5.20. The SMILES string of the molecule is CC(=O)CCCOC(=O)C1=C(B2OC(C)(C)C(C)(C)O2)CCCC1. The largest absolute Gasteiger partial charge is 0.491 e. The Balaban J connectivity index is 2.07. The summed E-state index contributed by atoms with van der Waals surface area (Å²) in [6, 6.07) is 0. The topological polar surface area (TPSA) is 61.8 Å². The quantitative estimate of drug-likeness (QED) is 0.423. The maximum Gasteiger partial charge on any atom is 0.491 e. The smallest absolute Gasteiger partial charge is 0.462 e. The summed E-state index contributed by atoms with van der Waals surface area (Å²) < 4.78 is 17.6. The van der Waals surface area contributed by atoms with Crippen LogP contribution in [-0.4, -0.2) is 36.7 Å². The zero-order valence-electron chi connectivity index (χ0n) is 15.6. The molecule has 0 saturated carbocycles. The van der Waals surface area contributed by atoms with Crippen LogP contribution in [0.2, 0.25) is 0 Å². The summed E-state index contributed by atoms with van der Waals surface area (Å²) in [6.45, 7) is 9.86. The van der Waals surface area contributed by atoms with Crippen LogP contribution in [0, 0.1) is 0 Å². The average molecular weight is 336 g/mol. The molecular formula is C18H29BO5. The molecular weight excluding hydrogens is 307 g/mol. The lowest BCUT2D eigenvalue weighted by Crippen LogP contribution is -2.41. The molecule has 0 bridgehead atoms. The molecule has 0 aromatic carbocycles. The summed E-state index contributed by atoms with van der Waals surface area (Å²) in [7, 11) is -0.477. The minimum Gasteiger partial charge on any atom is -0.462 e. The van der Waals surface area contributed by atoms with Gasteiger partial charge in [-0.25, -0.2) is 4.79 Å². The second-order valence-electron chi connectivity index (χ2n) is 7.74. The molecule has 0 aromatic heterocycles. The van der Waals surface area contributed by atoms with Gasteiger partial charge in [-0.3, -0.25) is 0 Å². The normalized spacial score (nSPS) is 22.6. The van der Waals surface area contributed by atoms with Crippen LogP contribution in [0.25, 0.3) is 0 Å². The Labute approximate surface area is 145 Å². The first-order valence-electron chi connectivity index (χ1n) is 8.88. The van der Waals surface area contributed by atoms with Gasteiger partial charge in [-0.15, -0.1) is 0 Å². The molecule has 0 spiro atoms. The molecule has 0 amide bonds. The number of Topliss-reactive ketones (excluding diaryl/α,β-unsaturated/α-hetero) is 1. The summed E-state index contributed by atoms with van der Waals surface area (Å²) in [6.07, 6.45) is 4.51. The lowest BCUT2D eigenvalue weighted by Gasteiger charge is -2.32.